The number of hydrogen-bond acceptors (Lipinski definition) is 4. The number of halogens is 1. The van der Waals surface area contributed by atoms with Crippen LogP contribution in [0, 0.1) is 0 Å². The number of thiol groups is 1. The van der Waals surface area contributed by atoms with Gasteiger partial charge in [0.2, 0.25) is 5.91 Å². The summed E-state index contributed by atoms with van der Waals surface area (Å²) in [5, 5.41) is 0.674. The molecule has 0 aliphatic carbocycles. The molecule has 0 unspecified atom stereocenters. The van der Waals surface area contributed by atoms with Gasteiger partial charge in [-0.1, -0.05) is 23.7 Å². The maximum Gasteiger partial charge on any atom is 0.239 e. The molecule has 0 heterocycles. The third-order valence-electron chi connectivity index (χ3n) is 3.53. The van der Waals surface area contributed by atoms with Crippen molar-refractivity contribution in [2.45, 2.75) is 31.3 Å². The minimum atomic E-state index is -0.559. The van der Waals surface area contributed by atoms with Gasteiger partial charge >= 0.3 is 0 Å². The number of rotatable bonds is 8. The molecule has 4 nitrogen and oxygen atoms in total. The highest BCUT2D eigenvalue weighted by molar-refractivity contribution is 7.80. The van der Waals surface area contributed by atoms with E-state index in [1.807, 2.05) is 12.1 Å². The van der Waals surface area contributed by atoms with E-state index in [2.05, 4.69) is 12.6 Å². The van der Waals surface area contributed by atoms with Crippen LogP contribution in [0.15, 0.2) is 24.3 Å². The number of nitrogens with two attached hydrogens (primary N) is 2. The van der Waals surface area contributed by atoms with Crippen molar-refractivity contribution in [2.24, 2.45) is 11.5 Å². The molecular weight excluding hydrogens is 306 g/mol. The maximum absolute atomic E-state index is 12.4. The molecule has 1 amide bonds. The highest BCUT2D eigenvalue weighted by Crippen LogP contribution is 2.13. The van der Waals surface area contributed by atoms with Crippen molar-refractivity contribution in [1.82, 2.24) is 4.90 Å². The predicted molar refractivity (Wildman–Crippen MR) is 91.8 cm³/mol. The van der Waals surface area contributed by atoms with Crippen LogP contribution in [0.25, 0.3) is 0 Å². The second kappa shape index (κ2) is 9.30. The normalized spacial score (nSPS) is 13.8. The van der Waals surface area contributed by atoms with Crippen molar-refractivity contribution in [3.8, 4) is 0 Å². The Labute approximate surface area is 137 Å². The van der Waals surface area contributed by atoms with E-state index in [9.17, 15) is 4.79 Å². The maximum atomic E-state index is 12.4. The molecule has 2 atom stereocenters. The van der Waals surface area contributed by atoms with Gasteiger partial charge in [-0.05, 0) is 43.5 Å². The first-order valence-electron chi connectivity index (χ1n) is 7.07. The van der Waals surface area contributed by atoms with E-state index in [0.717, 1.165) is 18.4 Å². The third kappa shape index (κ3) is 5.87. The van der Waals surface area contributed by atoms with Gasteiger partial charge in [0.25, 0.3) is 0 Å². The molecule has 6 heteroatoms. The van der Waals surface area contributed by atoms with Crippen LogP contribution in [0.4, 0.5) is 0 Å². The summed E-state index contributed by atoms with van der Waals surface area (Å²) in [6, 6.07) is 6.89. The van der Waals surface area contributed by atoms with Gasteiger partial charge in [0.05, 0.1) is 6.04 Å². The fraction of sp³-hybridized carbons (Fsp3) is 0.533. The Morgan fingerprint density at radius 2 is 2.00 bits per heavy atom. The summed E-state index contributed by atoms with van der Waals surface area (Å²) < 4.78 is 0. The molecule has 0 bridgehead atoms. The SMILES string of the molecule is CN(C(=O)[C@@H](N)Cc1ccc(Cl)cc1)[C@H](CS)CCCN. The zero-order valence-corrected chi connectivity index (χ0v) is 14.0. The van der Waals surface area contributed by atoms with Gasteiger partial charge in [-0.2, -0.15) is 12.6 Å². The van der Waals surface area contributed by atoms with E-state index < -0.39 is 6.04 Å². The first-order valence-corrected chi connectivity index (χ1v) is 8.08. The van der Waals surface area contributed by atoms with Crippen molar-refractivity contribution in [3.63, 3.8) is 0 Å². The molecule has 1 aromatic carbocycles. The smallest absolute Gasteiger partial charge is 0.239 e. The average molecular weight is 330 g/mol. The summed E-state index contributed by atoms with van der Waals surface area (Å²) in [6.45, 7) is 0.614. The number of carbonyl (C=O) groups is 1. The van der Waals surface area contributed by atoms with Crippen LogP contribution in [-0.2, 0) is 11.2 Å². The lowest BCUT2D eigenvalue weighted by Crippen LogP contribution is -2.48. The summed E-state index contributed by atoms with van der Waals surface area (Å²) in [5.41, 5.74) is 12.6. The second-order valence-corrected chi connectivity index (χ2v) is 5.96. The monoisotopic (exact) mass is 329 g/mol. The second-order valence-electron chi connectivity index (χ2n) is 5.15. The van der Waals surface area contributed by atoms with Gasteiger partial charge in [-0.3, -0.25) is 4.79 Å². The summed E-state index contributed by atoms with van der Waals surface area (Å²) in [6.07, 6.45) is 2.21. The molecule has 0 saturated carbocycles. The van der Waals surface area contributed by atoms with Crippen molar-refractivity contribution < 1.29 is 4.79 Å². The summed E-state index contributed by atoms with van der Waals surface area (Å²) >= 11 is 10.2. The zero-order valence-electron chi connectivity index (χ0n) is 12.3. The molecule has 0 fully saturated rings. The van der Waals surface area contributed by atoms with Gasteiger partial charge < -0.3 is 16.4 Å². The summed E-state index contributed by atoms with van der Waals surface area (Å²) in [7, 11) is 1.78. The highest BCUT2D eigenvalue weighted by atomic mass is 35.5. The summed E-state index contributed by atoms with van der Waals surface area (Å²) in [4.78, 5) is 14.1. The molecule has 0 aliphatic heterocycles. The minimum absolute atomic E-state index is 0.0685. The Hall–Kier alpha value is -0.750. The molecule has 1 rings (SSSR count). The number of amides is 1. The Balaban J connectivity index is 2.61. The molecule has 1 aromatic rings. The lowest BCUT2D eigenvalue weighted by Gasteiger charge is -2.29. The first-order chi connectivity index (χ1) is 9.99. The van der Waals surface area contributed by atoms with Crippen LogP contribution < -0.4 is 11.5 Å². The fourth-order valence-corrected chi connectivity index (χ4v) is 2.72. The van der Waals surface area contributed by atoms with Gasteiger partial charge in [-0.25, -0.2) is 0 Å². The number of likely N-dealkylation sites (N-methyl/N-ethyl adjacent to an activating group) is 1. The number of carbonyl (C=O) groups excluding carboxylic acids is 1. The van der Waals surface area contributed by atoms with Crippen molar-refractivity contribution in [3.05, 3.63) is 34.9 Å². The quantitative estimate of drug-likeness (QED) is 0.636. The van der Waals surface area contributed by atoms with Crippen molar-refractivity contribution >= 4 is 30.1 Å². The third-order valence-corrected chi connectivity index (χ3v) is 4.21. The standard InChI is InChI=1S/C15H24ClN3OS/c1-19(13(10-21)3-2-8-17)15(20)14(18)9-11-4-6-12(16)7-5-11/h4-7,13-14,21H,2-3,8-10,17-18H2,1H3/t13-,14-/m0/s1. The number of hydrogen-bond donors (Lipinski definition) is 3. The van der Waals surface area contributed by atoms with Gasteiger partial charge in [0.15, 0.2) is 0 Å². The number of nitrogens with zero attached hydrogens (tertiary/aromatic N) is 1. The average Bonchev–Trinajstić information content (AvgIpc) is 2.49. The van der Waals surface area contributed by atoms with Crippen molar-refractivity contribution in [1.29, 1.82) is 0 Å². The molecular formula is C15H24ClN3OS. The Bertz CT molecular complexity index is 441. The molecule has 0 aliphatic rings. The predicted octanol–water partition coefficient (Wildman–Crippen LogP) is 1.71. The molecule has 0 aromatic heterocycles. The van der Waals surface area contributed by atoms with E-state index in [1.165, 1.54) is 0 Å². The van der Waals surface area contributed by atoms with Crippen LogP contribution in [0.3, 0.4) is 0 Å². The van der Waals surface area contributed by atoms with E-state index in [0.29, 0.717) is 23.7 Å². The zero-order chi connectivity index (χ0) is 15.8. The van der Waals surface area contributed by atoms with Gasteiger partial charge in [0, 0.05) is 23.9 Å². The van der Waals surface area contributed by atoms with Crippen LogP contribution in [-0.4, -0.2) is 42.2 Å². The molecule has 4 N–H and O–H groups in total. The lowest BCUT2D eigenvalue weighted by molar-refractivity contribution is -0.133. The minimum Gasteiger partial charge on any atom is -0.341 e. The molecule has 0 spiro atoms. The van der Waals surface area contributed by atoms with Crippen LogP contribution >= 0.6 is 24.2 Å². The Morgan fingerprint density at radius 3 is 2.52 bits per heavy atom. The van der Waals surface area contributed by atoms with E-state index in [1.54, 1.807) is 24.1 Å². The largest absolute Gasteiger partial charge is 0.341 e. The molecule has 0 saturated heterocycles. The number of benzene rings is 1. The molecule has 0 radical (unpaired) electrons. The van der Waals surface area contributed by atoms with Crippen molar-refractivity contribution in [2.75, 3.05) is 19.3 Å². The molecule has 118 valence electrons. The van der Waals surface area contributed by atoms with E-state index >= 15 is 0 Å². The van der Waals surface area contributed by atoms with Crippen LogP contribution in [0.1, 0.15) is 18.4 Å². The van der Waals surface area contributed by atoms with Crippen LogP contribution in [0.2, 0.25) is 5.02 Å². The highest BCUT2D eigenvalue weighted by Gasteiger charge is 2.23. The van der Waals surface area contributed by atoms with Gasteiger partial charge in [0.1, 0.15) is 0 Å². The van der Waals surface area contributed by atoms with Crippen LogP contribution in [0.5, 0.6) is 0 Å². The fourth-order valence-electron chi connectivity index (χ4n) is 2.16. The Morgan fingerprint density at radius 1 is 1.38 bits per heavy atom. The van der Waals surface area contributed by atoms with E-state index in [-0.39, 0.29) is 11.9 Å². The van der Waals surface area contributed by atoms with Gasteiger partial charge in [-0.15, -0.1) is 0 Å². The molecule has 21 heavy (non-hydrogen) atoms. The van der Waals surface area contributed by atoms with E-state index in [4.69, 9.17) is 23.1 Å². The topological polar surface area (TPSA) is 72.3 Å². The first kappa shape index (κ1) is 18.3. The Kier molecular flexibility index (Phi) is 8.11. The summed E-state index contributed by atoms with van der Waals surface area (Å²) in [5.74, 6) is 0.539. The lowest BCUT2D eigenvalue weighted by atomic mass is 10.0.